The van der Waals surface area contributed by atoms with Crippen LogP contribution in [-0.4, -0.2) is 29.5 Å². The largest absolute Gasteiger partial charge is 0.508 e. The predicted molar refractivity (Wildman–Crippen MR) is 84.2 cm³/mol. The highest BCUT2D eigenvalue weighted by Gasteiger charge is 2.12. The monoisotopic (exact) mass is 313 g/mol. The number of aromatic nitrogens is 2. The molecule has 1 heterocycles. The molecule has 0 fully saturated rings. The molecule has 0 saturated carbocycles. The molecular formula is C16H15N3O4. The van der Waals surface area contributed by atoms with Crippen LogP contribution in [0.5, 0.6) is 17.2 Å². The lowest BCUT2D eigenvalue weighted by atomic mass is 10.2. The standard InChI is InChI=1S/C16H15N3O4/c1-21-12-7-8-14(22-2)13(9-12)17-16-19-18-15(23-16)10-3-5-11(20)6-4-10/h3-9,20H,1-2H3,(H,17,19). The summed E-state index contributed by atoms with van der Waals surface area (Å²) in [6.07, 6.45) is 0. The first-order valence-electron chi connectivity index (χ1n) is 6.81. The van der Waals surface area contributed by atoms with Gasteiger partial charge in [-0.1, -0.05) is 5.10 Å². The van der Waals surface area contributed by atoms with E-state index in [9.17, 15) is 5.11 Å². The second-order valence-electron chi connectivity index (χ2n) is 4.65. The number of anilines is 2. The maximum atomic E-state index is 9.31. The van der Waals surface area contributed by atoms with E-state index < -0.39 is 0 Å². The molecule has 2 N–H and O–H groups in total. The van der Waals surface area contributed by atoms with Crippen molar-refractivity contribution in [2.24, 2.45) is 0 Å². The molecule has 0 radical (unpaired) electrons. The summed E-state index contributed by atoms with van der Waals surface area (Å²) in [5.41, 5.74) is 1.36. The molecular weight excluding hydrogens is 298 g/mol. The molecule has 0 atom stereocenters. The van der Waals surface area contributed by atoms with Crippen molar-refractivity contribution in [3.8, 4) is 28.7 Å². The molecule has 0 unspecified atom stereocenters. The quantitative estimate of drug-likeness (QED) is 0.747. The van der Waals surface area contributed by atoms with E-state index in [1.54, 1.807) is 56.7 Å². The number of nitrogens with one attached hydrogen (secondary N) is 1. The van der Waals surface area contributed by atoms with E-state index in [-0.39, 0.29) is 11.8 Å². The van der Waals surface area contributed by atoms with Gasteiger partial charge in [-0.3, -0.25) is 0 Å². The Morgan fingerprint density at radius 2 is 1.78 bits per heavy atom. The van der Waals surface area contributed by atoms with Gasteiger partial charge in [0, 0.05) is 11.6 Å². The zero-order valence-corrected chi connectivity index (χ0v) is 12.6. The van der Waals surface area contributed by atoms with Crippen molar-refractivity contribution < 1.29 is 19.0 Å². The maximum Gasteiger partial charge on any atom is 0.320 e. The highest BCUT2D eigenvalue weighted by Crippen LogP contribution is 2.32. The van der Waals surface area contributed by atoms with E-state index in [0.717, 1.165) is 0 Å². The van der Waals surface area contributed by atoms with Crippen LogP contribution in [0.3, 0.4) is 0 Å². The Hall–Kier alpha value is -3.22. The van der Waals surface area contributed by atoms with Gasteiger partial charge in [-0.2, -0.15) is 0 Å². The molecule has 2 aromatic carbocycles. The average Bonchev–Trinajstić information content (AvgIpc) is 3.04. The second-order valence-corrected chi connectivity index (χ2v) is 4.65. The van der Waals surface area contributed by atoms with Crippen molar-refractivity contribution in [1.82, 2.24) is 10.2 Å². The smallest absolute Gasteiger partial charge is 0.320 e. The number of phenols is 1. The summed E-state index contributed by atoms with van der Waals surface area (Å²) in [7, 11) is 3.16. The van der Waals surface area contributed by atoms with Crippen molar-refractivity contribution in [2.45, 2.75) is 0 Å². The number of benzene rings is 2. The molecule has 7 heteroatoms. The minimum atomic E-state index is 0.174. The molecule has 3 rings (SSSR count). The third-order valence-corrected chi connectivity index (χ3v) is 3.19. The zero-order valence-electron chi connectivity index (χ0n) is 12.6. The Labute approximate surface area is 132 Å². The Kier molecular flexibility index (Phi) is 4.01. The summed E-state index contributed by atoms with van der Waals surface area (Å²) < 4.78 is 16.1. The lowest BCUT2D eigenvalue weighted by Crippen LogP contribution is -1.95. The first kappa shape index (κ1) is 14.7. The van der Waals surface area contributed by atoms with Gasteiger partial charge in [0.25, 0.3) is 0 Å². The van der Waals surface area contributed by atoms with E-state index in [1.807, 2.05) is 0 Å². The first-order valence-corrected chi connectivity index (χ1v) is 6.81. The summed E-state index contributed by atoms with van der Waals surface area (Å²) >= 11 is 0. The SMILES string of the molecule is COc1ccc(OC)c(Nc2nnc(-c3ccc(O)cc3)o2)c1. The Morgan fingerprint density at radius 1 is 1.00 bits per heavy atom. The Morgan fingerprint density at radius 3 is 2.48 bits per heavy atom. The van der Waals surface area contributed by atoms with Gasteiger partial charge in [-0.05, 0) is 36.4 Å². The fourth-order valence-electron chi connectivity index (χ4n) is 2.02. The number of methoxy groups -OCH3 is 2. The number of aromatic hydroxyl groups is 1. The topological polar surface area (TPSA) is 89.6 Å². The number of rotatable bonds is 5. The first-order chi connectivity index (χ1) is 11.2. The van der Waals surface area contributed by atoms with Crippen LogP contribution in [-0.2, 0) is 0 Å². The minimum absolute atomic E-state index is 0.174. The van der Waals surface area contributed by atoms with Gasteiger partial charge < -0.3 is 24.3 Å². The Bertz CT molecular complexity index is 799. The molecule has 0 aliphatic rings. The molecule has 0 bridgehead atoms. The molecule has 0 amide bonds. The number of nitrogens with zero attached hydrogens (tertiary/aromatic N) is 2. The van der Waals surface area contributed by atoms with Crippen LogP contribution in [0.2, 0.25) is 0 Å². The number of ether oxygens (including phenoxy) is 2. The average molecular weight is 313 g/mol. The van der Waals surface area contributed by atoms with E-state index in [2.05, 4.69) is 15.5 Å². The van der Waals surface area contributed by atoms with Crippen molar-refractivity contribution in [1.29, 1.82) is 0 Å². The van der Waals surface area contributed by atoms with Crippen LogP contribution in [0.25, 0.3) is 11.5 Å². The predicted octanol–water partition coefficient (Wildman–Crippen LogP) is 3.20. The molecule has 1 aromatic heterocycles. The summed E-state index contributed by atoms with van der Waals surface area (Å²) in [5, 5.41) is 20.2. The maximum absolute atomic E-state index is 9.31. The lowest BCUT2D eigenvalue weighted by Gasteiger charge is -2.09. The molecule has 23 heavy (non-hydrogen) atoms. The molecule has 0 saturated heterocycles. The summed E-state index contributed by atoms with van der Waals surface area (Å²) in [6.45, 7) is 0. The van der Waals surface area contributed by atoms with Gasteiger partial charge in [0.15, 0.2) is 0 Å². The third kappa shape index (κ3) is 3.18. The highest BCUT2D eigenvalue weighted by molar-refractivity contribution is 5.65. The van der Waals surface area contributed by atoms with Gasteiger partial charge in [0.2, 0.25) is 5.89 Å². The van der Waals surface area contributed by atoms with Crippen LogP contribution >= 0.6 is 0 Å². The van der Waals surface area contributed by atoms with Gasteiger partial charge in [0.05, 0.1) is 19.9 Å². The minimum Gasteiger partial charge on any atom is -0.508 e. The summed E-state index contributed by atoms with van der Waals surface area (Å²) in [4.78, 5) is 0. The fourth-order valence-corrected chi connectivity index (χ4v) is 2.02. The van der Waals surface area contributed by atoms with Crippen molar-refractivity contribution in [3.63, 3.8) is 0 Å². The van der Waals surface area contributed by atoms with Crippen LogP contribution in [0.4, 0.5) is 11.7 Å². The molecule has 118 valence electrons. The van der Waals surface area contributed by atoms with E-state index >= 15 is 0 Å². The molecule has 0 aliphatic carbocycles. The van der Waals surface area contributed by atoms with Crippen LogP contribution in [0.1, 0.15) is 0 Å². The van der Waals surface area contributed by atoms with E-state index in [1.165, 1.54) is 0 Å². The van der Waals surface area contributed by atoms with Crippen LogP contribution < -0.4 is 14.8 Å². The van der Waals surface area contributed by atoms with Crippen LogP contribution in [0.15, 0.2) is 46.9 Å². The van der Waals surface area contributed by atoms with E-state index in [4.69, 9.17) is 13.9 Å². The van der Waals surface area contributed by atoms with E-state index in [0.29, 0.717) is 28.6 Å². The van der Waals surface area contributed by atoms with Crippen molar-refractivity contribution >= 4 is 11.7 Å². The lowest BCUT2D eigenvalue weighted by molar-refractivity contribution is 0.404. The van der Waals surface area contributed by atoms with Gasteiger partial charge in [-0.25, -0.2) is 0 Å². The van der Waals surface area contributed by atoms with Gasteiger partial charge in [-0.15, -0.1) is 5.10 Å². The molecule has 0 spiro atoms. The summed E-state index contributed by atoms with van der Waals surface area (Å²) in [5.74, 6) is 1.81. The second kappa shape index (κ2) is 6.27. The van der Waals surface area contributed by atoms with Gasteiger partial charge in [0.1, 0.15) is 17.2 Å². The molecule has 3 aromatic rings. The highest BCUT2D eigenvalue weighted by atomic mass is 16.5. The fraction of sp³-hybridized carbons (Fsp3) is 0.125. The number of phenolic OH excluding ortho intramolecular Hbond substituents is 1. The zero-order chi connectivity index (χ0) is 16.2. The normalized spacial score (nSPS) is 10.3. The number of hydrogen-bond donors (Lipinski definition) is 2. The van der Waals surface area contributed by atoms with Crippen LogP contribution in [0, 0.1) is 0 Å². The molecule has 7 nitrogen and oxygen atoms in total. The van der Waals surface area contributed by atoms with Crippen molar-refractivity contribution in [3.05, 3.63) is 42.5 Å². The molecule has 0 aliphatic heterocycles. The van der Waals surface area contributed by atoms with Crippen molar-refractivity contribution in [2.75, 3.05) is 19.5 Å². The summed E-state index contributed by atoms with van der Waals surface area (Å²) in [6, 6.07) is 12.0. The van der Waals surface area contributed by atoms with Gasteiger partial charge >= 0.3 is 6.01 Å². The Balaban J connectivity index is 1.85. The third-order valence-electron chi connectivity index (χ3n) is 3.19. The number of hydrogen-bond acceptors (Lipinski definition) is 7.